The normalized spacial score (nSPS) is 11.2. The van der Waals surface area contributed by atoms with Gasteiger partial charge in [-0.05, 0) is 44.3 Å². The van der Waals surface area contributed by atoms with Crippen LogP contribution in [0.3, 0.4) is 0 Å². The summed E-state index contributed by atoms with van der Waals surface area (Å²) in [6.45, 7) is 4.33. The number of hydrogen-bond donors (Lipinski definition) is 4. The van der Waals surface area contributed by atoms with Crippen molar-refractivity contribution in [2.75, 3.05) is 17.2 Å². The summed E-state index contributed by atoms with van der Waals surface area (Å²) in [7, 11) is 0. The molecule has 0 saturated carbocycles. The van der Waals surface area contributed by atoms with E-state index in [4.69, 9.17) is 23.8 Å². The number of para-hydroxylation sites is 1. The molecule has 3 aromatic rings. The van der Waals surface area contributed by atoms with E-state index in [9.17, 15) is 0 Å². The number of halogens is 1. The minimum absolute atomic E-state index is 0.343. The van der Waals surface area contributed by atoms with Crippen LogP contribution in [0.2, 0.25) is 5.02 Å². The number of anilines is 2. The second-order valence-electron chi connectivity index (χ2n) is 6.22. The lowest BCUT2D eigenvalue weighted by Gasteiger charge is -2.15. The molecule has 0 bridgehead atoms. The van der Waals surface area contributed by atoms with E-state index in [-0.39, 0.29) is 0 Å². The maximum Gasteiger partial charge on any atom is 0.229 e. The minimum Gasteiger partial charge on any atom is -0.348 e. The number of guanidine groups is 1. The third kappa shape index (κ3) is 6.51. The highest BCUT2D eigenvalue weighted by Crippen LogP contribution is 2.20. The molecular weight excluding hydrogens is 408 g/mol. The van der Waals surface area contributed by atoms with Crippen LogP contribution in [0.5, 0.6) is 0 Å². The van der Waals surface area contributed by atoms with Crippen LogP contribution in [-0.4, -0.2) is 37.6 Å². The Balaban J connectivity index is 1.72. The molecule has 0 aliphatic rings. The van der Waals surface area contributed by atoms with E-state index in [0.29, 0.717) is 40.7 Å². The van der Waals surface area contributed by atoms with Gasteiger partial charge in [0.1, 0.15) is 0 Å². The molecule has 0 amide bonds. The molecule has 3 rings (SSSR count). The molecule has 2 aromatic heterocycles. The Bertz CT molecular complexity index is 983. The van der Waals surface area contributed by atoms with Gasteiger partial charge in [-0.15, -0.1) is 0 Å². The highest BCUT2D eigenvalue weighted by Gasteiger charge is 2.08. The lowest BCUT2D eigenvalue weighted by molar-refractivity contribution is 0.927. The largest absolute Gasteiger partial charge is 0.348 e. The van der Waals surface area contributed by atoms with Gasteiger partial charge >= 0.3 is 0 Å². The lowest BCUT2D eigenvalue weighted by atomic mass is 10.3. The number of aromatic amines is 1. The van der Waals surface area contributed by atoms with Crippen LogP contribution in [-0.2, 0) is 6.42 Å². The Morgan fingerprint density at radius 2 is 1.93 bits per heavy atom. The molecule has 1 aromatic carbocycles. The fourth-order valence-electron chi connectivity index (χ4n) is 2.53. The number of thiocarbonyl (C=S) groups is 1. The van der Waals surface area contributed by atoms with Crippen LogP contribution in [0.15, 0.2) is 47.8 Å². The zero-order valence-electron chi connectivity index (χ0n) is 16.0. The average Bonchev–Trinajstić information content (AvgIpc) is 3.16. The Kier molecular flexibility index (Phi) is 7.09. The Labute approximate surface area is 179 Å². The molecule has 2 heterocycles. The first-order valence-corrected chi connectivity index (χ1v) is 9.72. The number of benzene rings is 1. The number of hydrogen-bond acceptors (Lipinski definition) is 5. The second-order valence-corrected chi connectivity index (χ2v) is 7.03. The summed E-state index contributed by atoms with van der Waals surface area (Å²) in [4.78, 5) is 20.4. The molecule has 0 unspecified atom stereocenters. The molecule has 0 fully saturated rings. The van der Waals surface area contributed by atoms with Gasteiger partial charge in [0.05, 0.1) is 17.0 Å². The predicted octanol–water partition coefficient (Wildman–Crippen LogP) is 3.47. The van der Waals surface area contributed by atoms with E-state index in [1.54, 1.807) is 18.6 Å². The molecule has 0 aliphatic heterocycles. The summed E-state index contributed by atoms with van der Waals surface area (Å²) in [5.41, 5.74) is 3.40. The van der Waals surface area contributed by atoms with Gasteiger partial charge in [-0.25, -0.2) is 15.0 Å². The minimum atomic E-state index is 0.343. The number of rotatable bonds is 5. The molecule has 4 N–H and O–H groups in total. The monoisotopic (exact) mass is 428 g/mol. The Hall–Kier alpha value is -3.04. The molecule has 8 nitrogen and oxygen atoms in total. The molecular formula is C19H21ClN8S. The fraction of sp³-hybridized carbons (Fsp3) is 0.211. The van der Waals surface area contributed by atoms with Crippen LogP contribution < -0.4 is 16.0 Å². The van der Waals surface area contributed by atoms with E-state index in [0.717, 1.165) is 17.1 Å². The first-order valence-electron chi connectivity index (χ1n) is 8.93. The van der Waals surface area contributed by atoms with Gasteiger partial charge in [0.25, 0.3) is 0 Å². The number of imidazole rings is 1. The van der Waals surface area contributed by atoms with Crippen molar-refractivity contribution in [3.63, 3.8) is 0 Å². The van der Waals surface area contributed by atoms with Crippen molar-refractivity contribution in [2.45, 2.75) is 20.3 Å². The number of nitrogens with zero attached hydrogens (tertiary/aromatic N) is 4. The maximum absolute atomic E-state index is 6.18. The predicted molar refractivity (Wildman–Crippen MR) is 121 cm³/mol. The van der Waals surface area contributed by atoms with E-state index < -0.39 is 0 Å². The molecule has 0 aliphatic carbocycles. The van der Waals surface area contributed by atoms with E-state index in [1.165, 1.54) is 0 Å². The average molecular weight is 429 g/mol. The molecule has 0 atom stereocenters. The standard InChI is InChI=1S/C19H21ClN8S/c1-12-9-13(2)25-18(24-12)27-17(22-8-7-14-10-21-11-23-14)28-19(29)26-16-6-4-3-5-15(16)20/h3-6,9-11H,7-8H2,1-2H3,(H,21,23)(H3,22,24,25,26,27,28,29). The third-order valence-electron chi connectivity index (χ3n) is 3.77. The van der Waals surface area contributed by atoms with Gasteiger partial charge in [-0.3, -0.25) is 10.3 Å². The molecule has 0 spiro atoms. The Morgan fingerprint density at radius 1 is 1.17 bits per heavy atom. The maximum atomic E-state index is 6.18. The van der Waals surface area contributed by atoms with Gasteiger partial charge in [-0.2, -0.15) is 0 Å². The summed E-state index contributed by atoms with van der Waals surface area (Å²) >= 11 is 11.6. The van der Waals surface area contributed by atoms with Crippen molar-refractivity contribution in [1.82, 2.24) is 25.3 Å². The SMILES string of the molecule is Cc1cc(C)nc(NC(=NCCc2cnc[nH]2)NC(=S)Nc2ccccc2Cl)n1. The smallest absolute Gasteiger partial charge is 0.229 e. The quantitative estimate of drug-likeness (QED) is 0.280. The van der Waals surface area contributed by atoms with Gasteiger partial charge in [0.15, 0.2) is 5.11 Å². The van der Waals surface area contributed by atoms with Crippen LogP contribution in [0, 0.1) is 13.8 Å². The molecule has 150 valence electrons. The third-order valence-corrected chi connectivity index (χ3v) is 4.31. The van der Waals surface area contributed by atoms with Gasteiger partial charge in [-0.1, -0.05) is 23.7 Å². The number of aliphatic imine (C=N–C) groups is 1. The van der Waals surface area contributed by atoms with Crippen molar-refractivity contribution < 1.29 is 0 Å². The molecule has 29 heavy (non-hydrogen) atoms. The molecule has 0 saturated heterocycles. The van der Waals surface area contributed by atoms with Crippen molar-refractivity contribution in [3.05, 3.63) is 65.0 Å². The van der Waals surface area contributed by atoms with Crippen molar-refractivity contribution in [3.8, 4) is 0 Å². The summed E-state index contributed by atoms with van der Waals surface area (Å²) in [6, 6.07) is 9.25. The van der Waals surface area contributed by atoms with Crippen molar-refractivity contribution in [2.24, 2.45) is 4.99 Å². The van der Waals surface area contributed by atoms with Crippen LogP contribution in [0.1, 0.15) is 17.1 Å². The van der Waals surface area contributed by atoms with Crippen LogP contribution in [0.25, 0.3) is 0 Å². The molecule has 10 heteroatoms. The highest BCUT2D eigenvalue weighted by molar-refractivity contribution is 7.80. The first-order chi connectivity index (χ1) is 14.0. The zero-order valence-corrected chi connectivity index (χ0v) is 17.6. The molecule has 0 radical (unpaired) electrons. The summed E-state index contributed by atoms with van der Waals surface area (Å²) in [5, 5.41) is 10.1. The van der Waals surface area contributed by atoms with Crippen molar-refractivity contribution in [1.29, 1.82) is 0 Å². The van der Waals surface area contributed by atoms with E-state index in [2.05, 4.69) is 40.9 Å². The topological polar surface area (TPSA) is 103 Å². The summed E-state index contributed by atoms with van der Waals surface area (Å²) in [5.74, 6) is 0.870. The lowest BCUT2D eigenvalue weighted by Crippen LogP contribution is -2.39. The zero-order chi connectivity index (χ0) is 20.6. The number of aryl methyl sites for hydroxylation is 2. The van der Waals surface area contributed by atoms with E-state index in [1.807, 2.05) is 38.1 Å². The fourth-order valence-corrected chi connectivity index (χ4v) is 2.92. The summed E-state index contributed by atoms with van der Waals surface area (Å²) in [6.07, 6.45) is 4.11. The van der Waals surface area contributed by atoms with Crippen LogP contribution in [0.4, 0.5) is 11.6 Å². The number of H-pyrrole nitrogens is 1. The van der Waals surface area contributed by atoms with E-state index >= 15 is 0 Å². The van der Waals surface area contributed by atoms with Crippen LogP contribution >= 0.6 is 23.8 Å². The number of nitrogens with one attached hydrogen (secondary N) is 4. The Morgan fingerprint density at radius 3 is 2.62 bits per heavy atom. The van der Waals surface area contributed by atoms with Gasteiger partial charge < -0.3 is 15.6 Å². The van der Waals surface area contributed by atoms with Gasteiger partial charge in [0, 0.05) is 36.2 Å². The second kappa shape index (κ2) is 9.94. The number of aromatic nitrogens is 4. The first kappa shape index (κ1) is 20.7. The summed E-state index contributed by atoms with van der Waals surface area (Å²) < 4.78 is 0. The van der Waals surface area contributed by atoms with Gasteiger partial charge in [0.2, 0.25) is 11.9 Å². The highest BCUT2D eigenvalue weighted by atomic mass is 35.5. The van der Waals surface area contributed by atoms with Crippen molar-refractivity contribution >= 4 is 46.5 Å².